The summed E-state index contributed by atoms with van der Waals surface area (Å²) in [4.78, 5) is 45.5. The SMILES string of the molecule is CC[C@@]1(C(=O)N[C@@H](Cc2ccc(NC(=O)c3c(Cl)cncc3Cl)cc2)C(=O)O)C[C@@H](N2CCCCC2)CN1S(=O)(=O)c1cccc(C#N)c1. The van der Waals surface area contributed by atoms with Gasteiger partial charge in [-0.15, -0.1) is 0 Å². The van der Waals surface area contributed by atoms with E-state index in [0.29, 0.717) is 11.3 Å². The zero-order valence-electron chi connectivity index (χ0n) is 26.7. The summed E-state index contributed by atoms with van der Waals surface area (Å²) in [6, 6.07) is 12.4. The second-order valence-corrected chi connectivity index (χ2v) is 14.9. The van der Waals surface area contributed by atoms with Crippen molar-refractivity contribution in [1.29, 1.82) is 5.26 Å². The fourth-order valence-corrected chi connectivity index (χ4v) is 9.03. The number of rotatable bonds is 11. The maximum Gasteiger partial charge on any atom is 0.326 e. The molecule has 0 unspecified atom stereocenters. The minimum absolute atomic E-state index is 0.0568. The Morgan fingerprint density at radius 1 is 1.08 bits per heavy atom. The average Bonchev–Trinajstić information content (AvgIpc) is 3.51. The van der Waals surface area contributed by atoms with E-state index in [2.05, 4.69) is 20.5 Å². The maximum absolute atomic E-state index is 14.3. The van der Waals surface area contributed by atoms with E-state index in [1.54, 1.807) is 31.2 Å². The topological polar surface area (TPSA) is 173 Å². The predicted molar refractivity (Wildman–Crippen MR) is 184 cm³/mol. The minimum atomic E-state index is -4.27. The van der Waals surface area contributed by atoms with Gasteiger partial charge in [-0.05, 0) is 74.7 Å². The van der Waals surface area contributed by atoms with Gasteiger partial charge in [-0.2, -0.15) is 9.57 Å². The van der Waals surface area contributed by atoms with Gasteiger partial charge in [0.25, 0.3) is 5.91 Å². The van der Waals surface area contributed by atoms with Crippen LogP contribution >= 0.6 is 23.2 Å². The second kappa shape index (κ2) is 15.2. The molecule has 258 valence electrons. The Morgan fingerprint density at radius 3 is 2.37 bits per heavy atom. The molecule has 0 aliphatic carbocycles. The maximum atomic E-state index is 14.3. The van der Waals surface area contributed by atoms with Crippen molar-refractivity contribution in [3.05, 3.63) is 87.7 Å². The minimum Gasteiger partial charge on any atom is -0.480 e. The lowest BCUT2D eigenvalue weighted by Gasteiger charge is -2.36. The number of carbonyl (C=O) groups is 3. The van der Waals surface area contributed by atoms with Crippen LogP contribution in [0.5, 0.6) is 0 Å². The number of carboxylic acids is 1. The molecule has 12 nitrogen and oxygen atoms in total. The molecule has 0 radical (unpaired) electrons. The van der Waals surface area contributed by atoms with Crippen molar-refractivity contribution in [2.45, 2.75) is 68.0 Å². The number of likely N-dealkylation sites (tertiary alicyclic amines) is 1. The highest BCUT2D eigenvalue weighted by molar-refractivity contribution is 7.89. The predicted octanol–water partition coefficient (Wildman–Crippen LogP) is 4.72. The first-order chi connectivity index (χ1) is 23.4. The van der Waals surface area contributed by atoms with Gasteiger partial charge < -0.3 is 15.7 Å². The van der Waals surface area contributed by atoms with Gasteiger partial charge in [-0.25, -0.2) is 13.2 Å². The number of sulfonamides is 1. The standard InChI is InChI=1S/C34H36Cl2N6O6S/c1-2-34(17-25(41-13-4-3-5-14-41)21-42(34)49(47,48)26-8-6-7-23(15-26)18-37)33(46)40-29(32(44)45)16-22-9-11-24(12-10-22)39-31(43)30-27(35)19-38-20-28(30)36/h6-12,15,19-20,25,29H,2-5,13-14,16-17,21H2,1H3,(H,39,43)(H,40,46)(H,44,45)/t25-,29+,34+/m1/s1. The molecule has 0 saturated carbocycles. The highest BCUT2D eigenvalue weighted by Crippen LogP contribution is 2.40. The Hall–Kier alpha value is -4.06. The van der Waals surface area contributed by atoms with Crippen LogP contribution < -0.4 is 10.6 Å². The smallest absolute Gasteiger partial charge is 0.326 e. The number of hydrogen-bond acceptors (Lipinski definition) is 8. The Morgan fingerprint density at radius 2 is 1.76 bits per heavy atom. The van der Waals surface area contributed by atoms with E-state index < -0.39 is 39.4 Å². The molecule has 15 heteroatoms. The largest absolute Gasteiger partial charge is 0.480 e. The first kappa shape index (κ1) is 36.2. The number of aromatic nitrogens is 1. The van der Waals surface area contributed by atoms with Crippen LogP contribution in [-0.4, -0.2) is 82.8 Å². The number of hydrogen-bond donors (Lipinski definition) is 3. The van der Waals surface area contributed by atoms with Crippen molar-refractivity contribution in [2.75, 3.05) is 25.0 Å². The molecule has 3 heterocycles. The van der Waals surface area contributed by atoms with Gasteiger partial charge in [0.2, 0.25) is 15.9 Å². The molecule has 2 saturated heterocycles. The molecule has 0 bridgehead atoms. The van der Waals surface area contributed by atoms with Gasteiger partial charge in [0.1, 0.15) is 11.6 Å². The number of benzene rings is 2. The normalized spacial score (nSPS) is 20.7. The highest BCUT2D eigenvalue weighted by atomic mass is 35.5. The van der Waals surface area contributed by atoms with Gasteiger partial charge in [-0.1, -0.05) is 54.7 Å². The number of halogens is 2. The molecular weight excluding hydrogens is 691 g/mol. The Kier molecular flexibility index (Phi) is 11.3. The van der Waals surface area contributed by atoms with Crippen LogP contribution in [0.25, 0.3) is 0 Å². The third kappa shape index (κ3) is 7.74. The quantitative estimate of drug-likeness (QED) is 0.253. The Labute approximate surface area is 295 Å². The molecule has 0 spiro atoms. The zero-order valence-corrected chi connectivity index (χ0v) is 29.1. The van der Waals surface area contributed by atoms with Crippen LogP contribution in [0.15, 0.2) is 65.8 Å². The summed E-state index contributed by atoms with van der Waals surface area (Å²) >= 11 is 12.2. The summed E-state index contributed by atoms with van der Waals surface area (Å²) in [5, 5.41) is 25.1. The number of carbonyl (C=O) groups excluding carboxylic acids is 2. The third-order valence-corrected chi connectivity index (χ3v) is 11.7. The van der Waals surface area contributed by atoms with E-state index in [1.165, 1.54) is 41.0 Å². The van der Waals surface area contributed by atoms with Crippen molar-refractivity contribution in [1.82, 2.24) is 19.5 Å². The fourth-order valence-electron chi connectivity index (χ4n) is 6.59. The lowest BCUT2D eigenvalue weighted by Crippen LogP contribution is -2.59. The number of aliphatic carboxylic acids is 1. The van der Waals surface area contributed by atoms with Crippen LogP contribution in [0, 0.1) is 11.3 Å². The van der Waals surface area contributed by atoms with Gasteiger partial charge in [-0.3, -0.25) is 19.5 Å². The number of pyridine rings is 1. The summed E-state index contributed by atoms with van der Waals surface area (Å²) in [6.07, 6.45) is 5.80. The molecule has 2 amide bonds. The molecule has 1 aromatic heterocycles. The number of carboxylic acid groups (broad SMARTS) is 1. The Bertz CT molecular complexity index is 1860. The van der Waals surface area contributed by atoms with Crippen molar-refractivity contribution in [3.8, 4) is 6.07 Å². The fraction of sp³-hybridized carbons (Fsp3) is 0.382. The van der Waals surface area contributed by atoms with Crippen molar-refractivity contribution < 1.29 is 27.9 Å². The summed E-state index contributed by atoms with van der Waals surface area (Å²) in [6.45, 7) is 3.34. The molecule has 5 rings (SSSR count). The molecule has 2 aliphatic heterocycles. The number of amides is 2. The van der Waals surface area contributed by atoms with Gasteiger partial charge in [0, 0.05) is 37.1 Å². The van der Waals surface area contributed by atoms with Crippen LogP contribution in [0.1, 0.15) is 60.5 Å². The number of nitrogens with one attached hydrogen (secondary N) is 2. The number of piperidine rings is 1. The summed E-state index contributed by atoms with van der Waals surface area (Å²) < 4.78 is 29.6. The molecule has 49 heavy (non-hydrogen) atoms. The molecular formula is C34H36Cl2N6O6S. The van der Waals surface area contributed by atoms with E-state index in [1.807, 2.05) is 6.07 Å². The number of nitriles is 1. The first-order valence-corrected chi connectivity index (χ1v) is 18.1. The number of anilines is 1. The van der Waals surface area contributed by atoms with E-state index >= 15 is 0 Å². The molecule has 2 aromatic carbocycles. The molecule has 3 aromatic rings. The average molecular weight is 728 g/mol. The first-order valence-electron chi connectivity index (χ1n) is 15.9. The lowest BCUT2D eigenvalue weighted by molar-refractivity contribution is -0.143. The molecule has 2 aliphatic rings. The van der Waals surface area contributed by atoms with E-state index in [0.717, 1.165) is 32.4 Å². The zero-order chi connectivity index (χ0) is 35.3. The van der Waals surface area contributed by atoms with Crippen molar-refractivity contribution in [2.24, 2.45) is 0 Å². The van der Waals surface area contributed by atoms with E-state index in [-0.39, 0.29) is 57.9 Å². The monoisotopic (exact) mass is 726 g/mol. The van der Waals surface area contributed by atoms with Gasteiger partial charge in [0.05, 0.1) is 32.1 Å². The summed E-state index contributed by atoms with van der Waals surface area (Å²) in [5.74, 6) is -2.54. The van der Waals surface area contributed by atoms with Gasteiger partial charge in [0.15, 0.2) is 0 Å². The highest BCUT2D eigenvalue weighted by Gasteiger charge is 2.56. The van der Waals surface area contributed by atoms with Crippen LogP contribution in [0.4, 0.5) is 5.69 Å². The number of nitrogens with zero attached hydrogens (tertiary/aromatic N) is 4. The summed E-state index contributed by atoms with van der Waals surface area (Å²) in [5.41, 5.74) is -0.396. The summed E-state index contributed by atoms with van der Waals surface area (Å²) in [7, 11) is -4.27. The van der Waals surface area contributed by atoms with Crippen LogP contribution in [0.3, 0.4) is 0 Å². The molecule has 2 fully saturated rings. The second-order valence-electron chi connectivity index (χ2n) is 12.2. The Balaban J connectivity index is 1.38. The van der Waals surface area contributed by atoms with Crippen molar-refractivity contribution >= 4 is 56.7 Å². The molecule has 3 N–H and O–H groups in total. The van der Waals surface area contributed by atoms with Crippen molar-refractivity contribution in [3.63, 3.8) is 0 Å². The van der Waals surface area contributed by atoms with Crippen LogP contribution in [0.2, 0.25) is 10.0 Å². The van der Waals surface area contributed by atoms with E-state index in [9.17, 15) is 33.2 Å². The molecule has 3 atom stereocenters. The lowest BCUT2D eigenvalue weighted by atomic mass is 9.90. The van der Waals surface area contributed by atoms with E-state index in [4.69, 9.17) is 23.2 Å². The van der Waals surface area contributed by atoms with Crippen LogP contribution in [-0.2, 0) is 26.0 Å². The van der Waals surface area contributed by atoms with Gasteiger partial charge >= 0.3 is 5.97 Å². The third-order valence-electron chi connectivity index (χ3n) is 9.23.